The van der Waals surface area contributed by atoms with E-state index in [4.69, 9.17) is 0 Å². The lowest BCUT2D eigenvalue weighted by molar-refractivity contribution is -0.117. The van der Waals surface area contributed by atoms with Crippen molar-refractivity contribution in [2.24, 2.45) is 0 Å². The number of hydrogen-bond donors (Lipinski definition) is 2. The van der Waals surface area contributed by atoms with E-state index in [2.05, 4.69) is 20.6 Å². The first kappa shape index (κ1) is 24.2. The smallest absolute Gasteiger partial charge is 0.227 e. The third-order valence-corrected chi connectivity index (χ3v) is 6.88. The van der Waals surface area contributed by atoms with Crippen molar-refractivity contribution in [3.63, 3.8) is 0 Å². The maximum Gasteiger partial charge on any atom is 0.227 e. The molecule has 1 aromatic heterocycles. The molecule has 3 heterocycles. The summed E-state index contributed by atoms with van der Waals surface area (Å²) in [5.74, 6) is -1.43. The maximum atomic E-state index is 15.0. The number of anilines is 3. The van der Waals surface area contributed by atoms with Crippen LogP contribution in [0.15, 0.2) is 36.5 Å². The fraction of sp³-hybridized carbons (Fsp3) is 0.370. The van der Waals surface area contributed by atoms with Crippen LogP contribution < -0.4 is 15.5 Å². The van der Waals surface area contributed by atoms with Crippen molar-refractivity contribution < 1.29 is 18.0 Å². The normalized spacial score (nSPS) is 16.4. The van der Waals surface area contributed by atoms with Gasteiger partial charge in [0.2, 0.25) is 5.95 Å². The van der Waals surface area contributed by atoms with Crippen LogP contribution in [0.3, 0.4) is 0 Å². The van der Waals surface area contributed by atoms with Gasteiger partial charge in [0.25, 0.3) is 0 Å². The molecule has 36 heavy (non-hydrogen) atoms. The van der Waals surface area contributed by atoms with Gasteiger partial charge in [-0.25, -0.2) is 23.1 Å². The Morgan fingerprint density at radius 3 is 2.56 bits per heavy atom. The van der Waals surface area contributed by atoms with Crippen LogP contribution in [0, 0.1) is 17.5 Å². The van der Waals surface area contributed by atoms with Crippen LogP contribution in [0.1, 0.15) is 43.7 Å². The summed E-state index contributed by atoms with van der Waals surface area (Å²) in [5.41, 5.74) is 2.14. The predicted octanol–water partition coefficient (Wildman–Crippen LogP) is 5.11. The lowest BCUT2D eigenvalue weighted by Gasteiger charge is -2.34. The molecule has 5 rings (SSSR count). The van der Waals surface area contributed by atoms with Crippen LogP contribution in [0.5, 0.6) is 0 Å². The van der Waals surface area contributed by atoms with E-state index >= 15 is 4.39 Å². The van der Waals surface area contributed by atoms with Crippen molar-refractivity contribution in [1.82, 2.24) is 15.3 Å². The van der Waals surface area contributed by atoms with Gasteiger partial charge in [-0.05, 0) is 75.5 Å². The van der Waals surface area contributed by atoms with Crippen LogP contribution >= 0.6 is 0 Å². The Morgan fingerprint density at radius 2 is 1.83 bits per heavy atom. The predicted molar refractivity (Wildman–Crippen MR) is 133 cm³/mol. The minimum atomic E-state index is -0.713. The maximum absolute atomic E-state index is 15.0. The molecule has 9 heteroatoms. The fourth-order valence-corrected chi connectivity index (χ4v) is 5.01. The second-order valence-electron chi connectivity index (χ2n) is 9.67. The average molecular weight is 496 g/mol. The first-order valence-corrected chi connectivity index (χ1v) is 12.2. The summed E-state index contributed by atoms with van der Waals surface area (Å²) < 4.78 is 44.7. The topological polar surface area (TPSA) is 70.2 Å². The van der Waals surface area contributed by atoms with Gasteiger partial charge < -0.3 is 15.5 Å². The largest absolute Gasteiger partial charge is 0.361 e. The molecule has 0 aliphatic carbocycles. The quantitative estimate of drug-likeness (QED) is 0.513. The third kappa shape index (κ3) is 4.80. The van der Waals surface area contributed by atoms with Crippen LogP contribution in [0.25, 0.3) is 11.3 Å². The van der Waals surface area contributed by atoms with Gasteiger partial charge in [-0.15, -0.1) is 0 Å². The summed E-state index contributed by atoms with van der Waals surface area (Å²) in [5, 5.41) is 6.21. The summed E-state index contributed by atoms with van der Waals surface area (Å²) in [6, 6.07) is 7.71. The Balaban J connectivity index is 1.45. The highest BCUT2D eigenvalue weighted by atomic mass is 19.1. The molecule has 1 saturated heterocycles. The number of benzene rings is 2. The van der Waals surface area contributed by atoms with Crippen molar-refractivity contribution in [3.05, 3.63) is 65.1 Å². The van der Waals surface area contributed by atoms with Crippen molar-refractivity contribution in [1.29, 1.82) is 0 Å². The molecule has 0 unspecified atom stereocenters. The summed E-state index contributed by atoms with van der Waals surface area (Å²) in [4.78, 5) is 22.2. The molecule has 3 aromatic rings. The lowest BCUT2D eigenvalue weighted by atomic mass is 9.90. The van der Waals surface area contributed by atoms with E-state index < -0.39 is 11.6 Å². The van der Waals surface area contributed by atoms with Gasteiger partial charge in [0, 0.05) is 35.0 Å². The lowest BCUT2D eigenvalue weighted by Crippen LogP contribution is -2.40. The number of halogens is 3. The van der Waals surface area contributed by atoms with Crippen molar-refractivity contribution in [2.75, 3.05) is 29.9 Å². The molecule has 0 radical (unpaired) electrons. The van der Waals surface area contributed by atoms with Gasteiger partial charge in [-0.2, -0.15) is 0 Å². The summed E-state index contributed by atoms with van der Waals surface area (Å²) in [6.45, 7) is 5.73. The number of nitrogens with zero attached hydrogens (tertiary/aromatic N) is 3. The molecular formula is C27H28F3N5O. The Labute approximate surface area is 208 Å². The number of hydrogen-bond acceptors (Lipinski definition) is 6. The molecule has 2 aromatic carbocycles. The van der Waals surface area contributed by atoms with E-state index in [1.54, 1.807) is 23.1 Å². The van der Waals surface area contributed by atoms with Crippen molar-refractivity contribution in [3.8, 4) is 11.3 Å². The van der Waals surface area contributed by atoms with Gasteiger partial charge in [0.15, 0.2) is 11.6 Å². The van der Waals surface area contributed by atoms with E-state index in [1.165, 1.54) is 12.1 Å². The number of ketones is 1. The van der Waals surface area contributed by atoms with Gasteiger partial charge in [-0.3, -0.25) is 4.79 Å². The molecule has 2 N–H and O–H groups in total. The molecule has 1 fully saturated rings. The molecule has 0 amide bonds. The van der Waals surface area contributed by atoms with Gasteiger partial charge >= 0.3 is 0 Å². The average Bonchev–Trinajstić information content (AvgIpc) is 2.85. The second kappa shape index (κ2) is 9.89. The third-order valence-electron chi connectivity index (χ3n) is 6.88. The highest BCUT2D eigenvalue weighted by molar-refractivity contribution is 5.91. The van der Waals surface area contributed by atoms with E-state index in [9.17, 15) is 13.6 Å². The number of nitrogens with one attached hydrogen (secondary N) is 2. The standard InChI is InChI=1S/C27H28F3N5O/c1-15(2)35-14-19(36)12-21-22(28)9-17(10-25(21)35)26-24(30)13-32-27(34-26)33-18-3-4-20(23(29)11-18)16-5-7-31-8-6-16/h3-4,9-11,13,15-16,31H,5-8,12,14H2,1-2H3,(H,32,33,34). The minimum absolute atomic E-state index is 0.00264. The minimum Gasteiger partial charge on any atom is -0.361 e. The van der Waals surface area contributed by atoms with E-state index in [0.717, 1.165) is 32.1 Å². The van der Waals surface area contributed by atoms with E-state index in [0.29, 0.717) is 22.5 Å². The number of Topliss-reactive ketones (excluding diaryl/α,β-unsaturated/α-hetero) is 1. The number of carbonyl (C=O) groups is 1. The van der Waals surface area contributed by atoms with Crippen molar-refractivity contribution in [2.45, 2.75) is 45.1 Å². The van der Waals surface area contributed by atoms with E-state index in [1.807, 2.05) is 13.8 Å². The SMILES string of the molecule is CC(C)N1CC(=O)Cc2c(F)cc(-c3nc(Nc4ccc(C5CCNCC5)c(F)c4)ncc3F)cc21. The molecule has 0 spiro atoms. The Kier molecular flexibility index (Phi) is 6.66. The summed E-state index contributed by atoms with van der Waals surface area (Å²) >= 11 is 0. The Bertz CT molecular complexity index is 1310. The molecule has 0 atom stereocenters. The molecular weight excluding hydrogens is 467 g/mol. The van der Waals surface area contributed by atoms with Crippen LogP contribution in [-0.2, 0) is 11.2 Å². The zero-order valence-corrected chi connectivity index (χ0v) is 20.2. The first-order chi connectivity index (χ1) is 17.3. The van der Waals surface area contributed by atoms with Gasteiger partial charge in [0.05, 0.1) is 12.7 Å². The molecule has 188 valence electrons. The fourth-order valence-electron chi connectivity index (χ4n) is 5.01. The van der Waals surface area contributed by atoms with Crippen molar-refractivity contribution >= 4 is 23.1 Å². The zero-order valence-electron chi connectivity index (χ0n) is 20.2. The second-order valence-corrected chi connectivity index (χ2v) is 9.67. The molecule has 2 aliphatic heterocycles. The number of carbonyl (C=O) groups excluding carboxylic acids is 1. The zero-order chi connectivity index (χ0) is 25.4. The highest BCUT2D eigenvalue weighted by Crippen LogP contribution is 2.35. The van der Waals surface area contributed by atoms with Gasteiger partial charge in [-0.1, -0.05) is 6.07 Å². The number of aromatic nitrogens is 2. The summed E-state index contributed by atoms with van der Waals surface area (Å²) in [7, 11) is 0. The molecule has 6 nitrogen and oxygen atoms in total. The van der Waals surface area contributed by atoms with E-state index in [-0.39, 0.29) is 53.7 Å². The Morgan fingerprint density at radius 1 is 1.06 bits per heavy atom. The molecule has 0 saturated carbocycles. The molecule has 2 aliphatic rings. The van der Waals surface area contributed by atoms with Gasteiger partial charge in [0.1, 0.15) is 17.3 Å². The van der Waals surface area contributed by atoms with Crippen LogP contribution in [-0.4, -0.2) is 41.4 Å². The number of piperidine rings is 1. The first-order valence-electron chi connectivity index (χ1n) is 12.2. The highest BCUT2D eigenvalue weighted by Gasteiger charge is 2.28. The molecule has 0 bridgehead atoms. The summed E-state index contributed by atoms with van der Waals surface area (Å²) in [6.07, 6.45) is 2.77. The Hall–Kier alpha value is -3.46. The van der Waals surface area contributed by atoms with Crippen LogP contribution in [0.2, 0.25) is 0 Å². The monoisotopic (exact) mass is 495 g/mol. The number of rotatable bonds is 5. The number of fused-ring (bicyclic) bond motifs is 1. The van der Waals surface area contributed by atoms with Crippen LogP contribution in [0.4, 0.5) is 30.5 Å².